The summed E-state index contributed by atoms with van der Waals surface area (Å²) in [6, 6.07) is 4.01. The fourth-order valence-corrected chi connectivity index (χ4v) is 2.19. The predicted molar refractivity (Wildman–Crippen MR) is 85.6 cm³/mol. The Labute approximate surface area is 130 Å². The van der Waals surface area contributed by atoms with E-state index in [1.165, 1.54) is 0 Å². The van der Waals surface area contributed by atoms with Crippen LogP contribution in [0.3, 0.4) is 0 Å². The zero-order valence-corrected chi connectivity index (χ0v) is 13.4. The molecule has 22 heavy (non-hydrogen) atoms. The lowest BCUT2D eigenvalue weighted by atomic mass is 10.2. The first-order valence-electron chi connectivity index (χ1n) is 7.66. The number of rotatable bonds is 8. The average Bonchev–Trinajstić information content (AvgIpc) is 3.17. The summed E-state index contributed by atoms with van der Waals surface area (Å²) in [6.07, 6.45) is 6.35. The molecule has 1 amide bonds. The van der Waals surface area contributed by atoms with Crippen LogP contribution in [-0.2, 0) is 11.3 Å². The maximum Gasteiger partial charge on any atom is 0.239 e. The van der Waals surface area contributed by atoms with E-state index in [0.29, 0.717) is 0 Å². The minimum absolute atomic E-state index is 0.0719. The summed E-state index contributed by atoms with van der Waals surface area (Å²) in [5.41, 5.74) is 0. The van der Waals surface area contributed by atoms with E-state index in [1.807, 2.05) is 29.9 Å². The first-order valence-corrected chi connectivity index (χ1v) is 7.66. The van der Waals surface area contributed by atoms with Gasteiger partial charge in [0.25, 0.3) is 0 Å². The van der Waals surface area contributed by atoms with Crippen molar-refractivity contribution in [3.63, 3.8) is 0 Å². The monoisotopic (exact) mass is 304 g/mol. The molecule has 7 heteroatoms. The highest BCUT2D eigenvalue weighted by atomic mass is 16.2. The van der Waals surface area contributed by atoms with Crippen molar-refractivity contribution in [1.82, 2.24) is 24.9 Å². The summed E-state index contributed by atoms with van der Waals surface area (Å²) in [7, 11) is 0. The molecule has 0 bridgehead atoms. The Hall–Kier alpha value is -2.15. The second kappa shape index (κ2) is 7.74. The Morgan fingerprint density at radius 1 is 1.32 bits per heavy atom. The van der Waals surface area contributed by atoms with Crippen molar-refractivity contribution in [3.8, 4) is 0 Å². The van der Waals surface area contributed by atoms with Gasteiger partial charge in [-0.2, -0.15) is 10.2 Å². The fraction of sp³-hybridized carbons (Fsp3) is 0.533. The van der Waals surface area contributed by atoms with Crippen LogP contribution in [0.2, 0.25) is 0 Å². The molecule has 2 heterocycles. The molecular weight excluding hydrogens is 280 g/mol. The number of aromatic nitrogens is 4. The molecule has 120 valence electrons. The van der Waals surface area contributed by atoms with Crippen LogP contribution in [0, 0.1) is 0 Å². The van der Waals surface area contributed by atoms with Crippen molar-refractivity contribution >= 4 is 11.7 Å². The van der Waals surface area contributed by atoms with E-state index >= 15 is 0 Å². The van der Waals surface area contributed by atoms with Gasteiger partial charge in [0.2, 0.25) is 5.91 Å². The highest BCUT2D eigenvalue weighted by Crippen LogP contribution is 2.09. The molecule has 0 spiro atoms. The highest BCUT2D eigenvalue weighted by molar-refractivity contribution is 5.91. The minimum atomic E-state index is -0.0719. The van der Waals surface area contributed by atoms with Crippen LogP contribution in [0.5, 0.6) is 0 Å². The van der Waals surface area contributed by atoms with E-state index in [9.17, 15) is 4.79 Å². The molecule has 0 fully saturated rings. The van der Waals surface area contributed by atoms with E-state index < -0.39 is 0 Å². The van der Waals surface area contributed by atoms with Crippen molar-refractivity contribution < 1.29 is 4.79 Å². The van der Waals surface area contributed by atoms with E-state index in [1.54, 1.807) is 17.1 Å². The van der Waals surface area contributed by atoms with Crippen LogP contribution >= 0.6 is 0 Å². The number of amides is 1. The van der Waals surface area contributed by atoms with Gasteiger partial charge in [-0.05, 0) is 26.3 Å². The molecule has 0 saturated heterocycles. The third kappa shape index (κ3) is 4.17. The van der Waals surface area contributed by atoms with Crippen molar-refractivity contribution in [2.24, 2.45) is 0 Å². The van der Waals surface area contributed by atoms with Crippen LogP contribution < -0.4 is 10.6 Å². The summed E-state index contributed by atoms with van der Waals surface area (Å²) in [6.45, 7) is 7.24. The van der Waals surface area contributed by atoms with Crippen LogP contribution in [-0.4, -0.2) is 38.1 Å². The lowest BCUT2D eigenvalue weighted by Gasteiger charge is -2.21. The number of carbonyl (C=O) groups is 1. The molecule has 0 aliphatic carbocycles. The maximum absolute atomic E-state index is 12.0. The van der Waals surface area contributed by atoms with Crippen molar-refractivity contribution in [2.75, 3.05) is 11.9 Å². The Morgan fingerprint density at radius 2 is 2.14 bits per heavy atom. The van der Waals surface area contributed by atoms with Crippen LogP contribution in [0.1, 0.15) is 33.2 Å². The van der Waals surface area contributed by atoms with E-state index in [0.717, 1.165) is 18.8 Å². The number of hydrogen-bond donors (Lipinski definition) is 2. The van der Waals surface area contributed by atoms with Crippen LogP contribution in [0.4, 0.5) is 5.82 Å². The number of nitrogens with zero attached hydrogens (tertiary/aromatic N) is 4. The molecule has 2 N–H and O–H groups in total. The third-order valence-corrected chi connectivity index (χ3v) is 3.67. The molecule has 2 rings (SSSR count). The zero-order chi connectivity index (χ0) is 15.9. The summed E-state index contributed by atoms with van der Waals surface area (Å²) in [5.74, 6) is 0.666. The number of hydrogen-bond acceptors (Lipinski definition) is 4. The quantitative estimate of drug-likeness (QED) is 0.778. The molecule has 7 nitrogen and oxygen atoms in total. The summed E-state index contributed by atoms with van der Waals surface area (Å²) in [5, 5.41) is 14.5. The van der Waals surface area contributed by atoms with Gasteiger partial charge >= 0.3 is 0 Å². The van der Waals surface area contributed by atoms with Gasteiger partial charge in [0, 0.05) is 31.0 Å². The molecule has 2 aromatic rings. The topological polar surface area (TPSA) is 76.8 Å². The summed E-state index contributed by atoms with van der Waals surface area (Å²) >= 11 is 0. The molecular formula is C15H24N6O. The normalized spacial score (nSPS) is 13.8. The van der Waals surface area contributed by atoms with Gasteiger partial charge in [-0.1, -0.05) is 6.92 Å². The molecule has 0 radical (unpaired) electrons. The second-order valence-electron chi connectivity index (χ2n) is 5.38. The van der Waals surface area contributed by atoms with E-state index in [-0.39, 0.29) is 24.5 Å². The SMILES string of the molecule is CCCn1nccc1NC(=O)CN[C@H](C)[C@H](C)n1cccn1. The van der Waals surface area contributed by atoms with E-state index in [4.69, 9.17) is 0 Å². The zero-order valence-electron chi connectivity index (χ0n) is 13.4. The first kappa shape index (κ1) is 16.2. The smallest absolute Gasteiger partial charge is 0.239 e. The van der Waals surface area contributed by atoms with Gasteiger partial charge in [-0.15, -0.1) is 0 Å². The minimum Gasteiger partial charge on any atom is -0.310 e. The summed E-state index contributed by atoms with van der Waals surface area (Å²) < 4.78 is 3.68. The lowest BCUT2D eigenvalue weighted by Crippen LogP contribution is -2.39. The Balaban J connectivity index is 1.81. The van der Waals surface area contributed by atoms with Crippen molar-refractivity contribution in [1.29, 1.82) is 0 Å². The molecule has 0 aliphatic heterocycles. The van der Waals surface area contributed by atoms with Crippen molar-refractivity contribution in [2.45, 2.75) is 45.8 Å². The number of carbonyl (C=O) groups excluding carboxylic acids is 1. The Kier molecular flexibility index (Phi) is 5.71. The molecule has 0 unspecified atom stereocenters. The van der Waals surface area contributed by atoms with Crippen LogP contribution in [0.25, 0.3) is 0 Å². The second-order valence-corrected chi connectivity index (χ2v) is 5.38. The van der Waals surface area contributed by atoms with Gasteiger partial charge in [0.15, 0.2) is 0 Å². The number of anilines is 1. The molecule has 0 aliphatic rings. The standard InChI is InChI=1S/C15H24N6O/c1-4-9-21-14(6-8-18-21)19-15(22)11-16-12(2)13(3)20-10-5-7-17-20/h5-8,10,12-13,16H,4,9,11H2,1-3H3,(H,19,22)/t12-,13+/m1/s1. The predicted octanol–water partition coefficient (Wildman–Crippen LogP) is 1.67. The van der Waals surface area contributed by atoms with Gasteiger partial charge < -0.3 is 10.6 Å². The fourth-order valence-electron chi connectivity index (χ4n) is 2.19. The van der Waals surface area contributed by atoms with Gasteiger partial charge in [-0.3, -0.25) is 9.48 Å². The number of nitrogens with one attached hydrogen (secondary N) is 2. The number of aryl methyl sites for hydroxylation is 1. The molecule has 2 atom stereocenters. The average molecular weight is 304 g/mol. The van der Waals surface area contributed by atoms with Gasteiger partial charge in [0.1, 0.15) is 5.82 Å². The molecule has 0 saturated carbocycles. The molecule has 2 aromatic heterocycles. The maximum atomic E-state index is 12.0. The Morgan fingerprint density at radius 3 is 2.82 bits per heavy atom. The lowest BCUT2D eigenvalue weighted by molar-refractivity contribution is -0.115. The highest BCUT2D eigenvalue weighted by Gasteiger charge is 2.15. The first-order chi connectivity index (χ1) is 10.6. The van der Waals surface area contributed by atoms with Gasteiger partial charge in [0.05, 0.1) is 18.8 Å². The van der Waals surface area contributed by atoms with Crippen molar-refractivity contribution in [3.05, 3.63) is 30.7 Å². The molecule has 0 aromatic carbocycles. The van der Waals surface area contributed by atoms with Crippen LogP contribution in [0.15, 0.2) is 30.7 Å². The van der Waals surface area contributed by atoms with E-state index in [2.05, 4.69) is 34.7 Å². The largest absolute Gasteiger partial charge is 0.310 e. The summed E-state index contributed by atoms with van der Waals surface area (Å²) in [4.78, 5) is 12.0. The van der Waals surface area contributed by atoms with Gasteiger partial charge in [-0.25, -0.2) is 4.68 Å². The Bertz CT molecular complexity index is 577. The third-order valence-electron chi connectivity index (χ3n) is 3.67.